The minimum absolute atomic E-state index is 0.102. The van der Waals surface area contributed by atoms with Gasteiger partial charge in [-0.1, -0.05) is 12.1 Å². The number of hydrogen-bond donors (Lipinski definition) is 1. The smallest absolute Gasteiger partial charge is 0.277 e. The number of benzene rings is 2. The van der Waals surface area contributed by atoms with Gasteiger partial charge in [0.1, 0.15) is 5.75 Å². The average molecular weight is 370 g/mol. The summed E-state index contributed by atoms with van der Waals surface area (Å²) in [5, 5.41) is 3.97. The number of carbonyl (C=O) groups excluding carboxylic acids is 1. The third-order valence-electron chi connectivity index (χ3n) is 3.88. The Labute approximate surface area is 160 Å². The van der Waals surface area contributed by atoms with Crippen LogP contribution in [0.15, 0.2) is 41.5 Å². The molecule has 27 heavy (non-hydrogen) atoms. The fraction of sp³-hybridized carbons (Fsp3) is 0.333. The maximum Gasteiger partial charge on any atom is 0.277 e. The Morgan fingerprint density at radius 3 is 2.48 bits per heavy atom. The van der Waals surface area contributed by atoms with Crippen LogP contribution in [0.1, 0.15) is 30.5 Å². The highest BCUT2D eigenvalue weighted by atomic mass is 16.5. The predicted octanol–water partition coefficient (Wildman–Crippen LogP) is 3.63. The quantitative estimate of drug-likeness (QED) is 0.541. The molecule has 0 fully saturated rings. The van der Waals surface area contributed by atoms with Crippen molar-refractivity contribution in [1.29, 1.82) is 0 Å². The first-order chi connectivity index (χ1) is 13.0. The van der Waals surface area contributed by atoms with Crippen molar-refractivity contribution >= 4 is 12.1 Å². The van der Waals surface area contributed by atoms with Crippen molar-refractivity contribution in [3.05, 3.63) is 53.1 Å². The molecule has 0 aliphatic carbocycles. The minimum Gasteiger partial charge on any atom is -0.490 e. The third-order valence-corrected chi connectivity index (χ3v) is 3.88. The van der Waals surface area contributed by atoms with E-state index in [-0.39, 0.29) is 12.5 Å². The van der Waals surface area contributed by atoms with Crippen LogP contribution in [0.2, 0.25) is 0 Å². The van der Waals surface area contributed by atoms with Crippen LogP contribution < -0.4 is 19.6 Å². The monoisotopic (exact) mass is 370 g/mol. The van der Waals surface area contributed by atoms with Crippen molar-refractivity contribution < 1.29 is 19.0 Å². The number of ether oxygens (including phenoxy) is 3. The Kier molecular flexibility index (Phi) is 7.67. The van der Waals surface area contributed by atoms with Gasteiger partial charge in [0.2, 0.25) is 0 Å². The van der Waals surface area contributed by atoms with Crippen molar-refractivity contribution in [1.82, 2.24) is 5.43 Å². The second-order valence-electron chi connectivity index (χ2n) is 5.85. The number of nitrogens with one attached hydrogen (secondary N) is 1. The average Bonchev–Trinajstić information content (AvgIpc) is 2.65. The van der Waals surface area contributed by atoms with E-state index in [4.69, 9.17) is 14.2 Å². The Bertz CT molecular complexity index is 803. The van der Waals surface area contributed by atoms with Crippen LogP contribution in [-0.4, -0.2) is 31.9 Å². The number of rotatable bonds is 9. The summed E-state index contributed by atoms with van der Waals surface area (Å²) in [4.78, 5) is 11.9. The van der Waals surface area contributed by atoms with Crippen molar-refractivity contribution in [2.75, 3.05) is 19.8 Å². The van der Waals surface area contributed by atoms with E-state index in [2.05, 4.69) is 10.5 Å². The highest BCUT2D eigenvalue weighted by Crippen LogP contribution is 2.28. The van der Waals surface area contributed by atoms with Crippen molar-refractivity contribution in [2.24, 2.45) is 5.10 Å². The van der Waals surface area contributed by atoms with Gasteiger partial charge < -0.3 is 14.2 Å². The van der Waals surface area contributed by atoms with Gasteiger partial charge in [0.25, 0.3) is 5.91 Å². The minimum atomic E-state index is -0.330. The lowest BCUT2D eigenvalue weighted by Gasteiger charge is -2.11. The fourth-order valence-corrected chi connectivity index (χ4v) is 2.38. The zero-order chi connectivity index (χ0) is 19.6. The lowest BCUT2D eigenvalue weighted by molar-refractivity contribution is -0.123. The zero-order valence-corrected chi connectivity index (χ0v) is 16.2. The van der Waals surface area contributed by atoms with E-state index in [1.165, 1.54) is 0 Å². The van der Waals surface area contributed by atoms with E-state index in [9.17, 15) is 4.79 Å². The van der Waals surface area contributed by atoms with Crippen LogP contribution in [0.25, 0.3) is 0 Å². The molecule has 2 rings (SSSR count). The number of hydrogen-bond acceptors (Lipinski definition) is 5. The summed E-state index contributed by atoms with van der Waals surface area (Å²) >= 11 is 0. The number of aryl methyl sites for hydroxylation is 1. The lowest BCUT2D eigenvalue weighted by Crippen LogP contribution is -2.24. The number of amides is 1. The molecule has 0 aliphatic rings. The normalized spacial score (nSPS) is 10.7. The van der Waals surface area contributed by atoms with E-state index in [1.807, 2.05) is 64.1 Å². The molecule has 1 amide bonds. The molecule has 0 unspecified atom stereocenters. The van der Waals surface area contributed by atoms with Crippen LogP contribution in [0.5, 0.6) is 17.2 Å². The molecule has 144 valence electrons. The Balaban J connectivity index is 1.91. The molecular weight excluding hydrogens is 344 g/mol. The van der Waals surface area contributed by atoms with Crippen LogP contribution >= 0.6 is 0 Å². The first-order valence-corrected chi connectivity index (χ1v) is 8.95. The Morgan fingerprint density at radius 1 is 1.00 bits per heavy atom. The van der Waals surface area contributed by atoms with Crippen LogP contribution in [0, 0.1) is 13.8 Å². The summed E-state index contributed by atoms with van der Waals surface area (Å²) in [5.74, 6) is 1.69. The molecule has 6 heteroatoms. The van der Waals surface area contributed by atoms with Crippen molar-refractivity contribution in [2.45, 2.75) is 27.7 Å². The largest absolute Gasteiger partial charge is 0.490 e. The summed E-state index contributed by atoms with van der Waals surface area (Å²) in [6, 6.07) is 11.2. The molecule has 0 bridgehead atoms. The van der Waals surface area contributed by atoms with E-state index in [0.29, 0.717) is 30.5 Å². The Morgan fingerprint density at radius 2 is 1.74 bits per heavy atom. The second-order valence-corrected chi connectivity index (χ2v) is 5.85. The summed E-state index contributed by atoms with van der Waals surface area (Å²) < 4.78 is 16.6. The molecule has 0 aliphatic heterocycles. The number of carbonyl (C=O) groups is 1. The maximum absolute atomic E-state index is 11.9. The fourth-order valence-electron chi connectivity index (χ4n) is 2.38. The molecule has 0 saturated heterocycles. The van der Waals surface area contributed by atoms with Gasteiger partial charge in [0.15, 0.2) is 18.1 Å². The lowest BCUT2D eigenvalue weighted by atomic mass is 10.1. The van der Waals surface area contributed by atoms with Gasteiger partial charge in [-0.2, -0.15) is 5.10 Å². The molecule has 1 N–H and O–H groups in total. The van der Waals surface area contributed by atoms with Gasteiger partial charge in [-0.25, -0.2) is 5.43 Å². The molecule has 0 saturated carbocycles. The summed E-state index contributed by atoms with van der Waals surface area (Å²) in [6.45, 7) is 8.78. The number of nitrogens with zero attached hydrogens (tertiary/aromatic N) is 1. The van der Waals surface area contributed by atoms with Gasteiger partial charge in [-0.05, 0) is 68.7 Å². The molecule has 0 heterocycles. The van der Waals surface area contributed by atoms with Gasteiger partial charge in [-0.15, -0.1) is 0 Å². The van der Waals surface area contributed by atoms with Crippen LogP contribution in [0.4, 0.5) is 0 Å². The first kappa shape index (κ1) is 20.3. The van der Waals surface area contributed by atoms with Crippen molar-refractivity contribution in [3.8, 4) is 17.2 Å². The van der Waals surface area contributed by atoms with E-state index in [1.54, 1.807) is 6.21 Å². The molecule has 0 aromatic heterocycles. The van der Waals surface area contributed by atoms with E-state index < -0.39 is 0 Å². The van der Waals surface area contributed by atoms with Crippen molar-refractivity contribution in [3.63, 3.8) is 0 Å². The first-order valence-electron chi connectivity index (χ1n) is 8.95. The summed E-state index contributed by atoms with van der Waals surface area (Å²) in [7, 11) is 0. The van der Waals surface area contributed by atoms with Gasteiger partial charge in [0.05, 0.1) is 19.4 Å². The van der Waals surface area contributed by atoms with Crippen LogP contribution in [-0.2, 0) is 4.79 Å². The predicted molar refractivity (Wildman–Crippen MR) is 106 cm³/mol. The molecule has 0 spiro atoms. The Hall–Kier alpha value is -3.02. The molecule has 2 aromatic rings. The number of hydrazone groups is 1. The van der Waals surface area contributed by atoms with Gasteiger partial charge >= 0.3 is 0 Å². The standard InChI is InChI=1S/C21H26N2O4/c1-5-25-19-11-10-17(12-20(19)26-6-2)13-22-23-21(24)14-27-18-9-7-8-15(3)16(18)4/h7-13H,5-6,14H2,1-4H3,(H,23,24)/b22-13-. The third kappa shape index (κ3) is 6.02. The van der Waals surface area contributed by atoms with E-state index in [0.717, 1.165) is 16.7 Å². The van der Waals surface area contributed by atoms with Crippen LogP contribution in [0.3, 0.4) is 0 Å². The zero-order valence-electron chi connectivity index (χ0n) is 16.2. The van der Waals surface area contributed by atoms with Gasteiger partial charge in [-0.3, -0.25) is 4.79 Å². The summed E-state index contributed by atoms with van der Waals surface area (Å²) in [6.07, 6.45) is 1.55. The molecule has 0 atom stereocenters. The molecular formula is C21H26N2O4. The summed E-state index contributed by atoms with van der Waals surface area (Å²) in [5.41, 5.74) is 5.39. The van der Waals surface area contributed by atoms with Gasteiger partial charge in [0, 0.05) is 0 Å². The molecule has 6 nitrogen and oxygen atoms in total. The topological polar surface area (TPSA) is 69.2 Å². The maximum atomic E-state index is 11.9. The van der Waals surface area contributed by atoms with E-state index >= 15 is 0 Å². The second kappa shape index (κ2) is 10.2. The highest BCUT2D eigenvalue weighted by molar-refractivity contribution is 5.83. The SMILES string of the molecule is CCOc1ccc(/C=N\NC(=O)COc2cccc(C)c2C)cc1OCC. The molecule has 0 radical (unpaired) electrons. The highest BCUT2D eigenvalue weighted by Gasteiger charge is 2.07. The molecule has 2 aromatic carbocycles.